The lowest BCUT2D eigenvalue weighted by Crippen LogP contribution is -2.05. The molecule has 104 valence electrons. The highest BCUT2D eigenvalue weighted by Gasteiger charge is 2.23. The number of nitro groups is 1. The number of hydrogen-bond acceptors (Lipinski definition) is 5. The number of benzene rings is 1. The third-order valence-electron chi connectivity index (χ3n) is 2.50. The van der Waals surface area contributed by atoms with Crippen LogP contribution in [-0.4, -0.2) is 14.9 Å². The average molecular weight is 359 g/mol. The average Bonchev–Trinajstić information content (AvgIpc) is 2.36. The summed E-state index contributed by atoms with van der Waals surface area (Å²) in [6.45, 7) is 1.62. The van der Waals surface area contributed by atoms with Crippen molar-refractivity contribution in [3.05, 3.63) is 55.4 Å². The molecular formula is C12H9BrClN3O3. The quantitative estimate of drug-likeness (QED) is 0.473. The molecule has 0 saturated heterocycles. The van der Waals surface area contributed by atoms with Gasteiger partial charge in [-0.3, -0.25) is 10.1 Å². The van der Waals surface area contributed by atoms with Gasteiger partial charge in [-0.15, -0.1) is 0 Å². The van der Waals surface area contributed by atoms with Gasteiger partial charge in [0, 0.05) is 10.0 Å². The zero-order valence-electron chi connectivity index (χ0n) is 10.3. The van der Waals surface area contributed by atoms with Crippen molar-refractivity contribution in [2.45, 2.75) is 13.5 Å². The number of aryl methyl sites for hydroxylation is 1. The van der Waals surface area contributed by atoms with E-state index < -0.39 is 4.92 Å². The van der Waals surface area contributed by atoms with Crippen molar-refractivity contribution in [3.63, 3.8) is 0 Å². The van der Waals surface area contributed by atoms with Crippen molar-refractivity contribution in [2.24, 2.45) is 0 Å². The number of rotatable bonds is 4. The molecule has 0 saturated carbocycles. The molecule has 0 fully saturated rings. The standard InChI is InChI=1S/C12H9BrClN3O3/c1-7-10(17(18)19)11(16-12(14)15-7)20-6-8-4-2-3-5-9(8)13/h2-5H,6H2,1H3. The molecule has 8 heteroatoms. The van der Waals surface area contributed by atoms with Crippen LogP contribution >= 0.6 is 27.5 Å². The minimum Gasteiger partial charge on any atom is -0.468 e. The first-order chi connectivity index (χ1) is 9.49. The van der Waals surface area contributed by atoms with Gasteiger partial charge in [-0.2, -0.15) is 4.98 Å². The summed E-state index contributed by atoms with van der Waals surface area (Å²) in [5, 5.41) is 10.9. The zero-order chi connectivity index (χ0) is 14.7. The zero-order valence-corrected chi connectivity index (χ0v) is 12.7. The predicted molar refractivity (Wildman–Crippen MR) is 76.9 cm³/mol. The second-order valence-electron chi connectivity index (χ2n) is 3.87. The molecule has 0 aliphatic rings. The Kier molecular flexibility index (Phi) is 4.51. The molecule has 6 nitrogen and oxygen atoms in total. The van der Waals surface area contributed by atoms with E-state index >= 15 is 0 Å². The van der Waals surface area contributed by atoms with Crippen LogP contribution < -0.4 is 4.74 Å². The van der Waals surface area contributed by atoms with Gasteiger partial charge in [0.2, 0.25) is 5.28 Å². The summed E-state index contributed by atoms with van der Waals surface area (Å²) in [7, 11) is 0. The number of ether oxygens (including phenoxy) is 1. The van der Waals surface area contributed by atoms with Crippen molar-refractivity contribution < 1.29 is 9.66 Å². The first kappa shape index (κ1) is 14.7. The highest BCUT2D eigenvalue weighted by Crippen LogP contribution is 2.29. The molecular weight excluding hydrogens is 350 g/mol. The molecule has 1 heterocycles. The van der Waals surface area contributed by atoms with Crippen molar-refractivity contribution in [1.29, 1.82) is 0 Å². The normalized spacial score (nSPS) is 10.3. The fraction of sp³-hybridized carbons (Fsp3) is 0.167. The summed E-state index contributed by atoms with van der Waals surface area (Å²) in [6.07, 6.45) is 0. The van der Waals surface area contributed by atoms with Gasteiger partial charge in [-0.05, 0) is 24.6 Å². The Morgan fingerprint density at radius 1 is 1.40 bits per heavy atom. The highest BCUT2D eigenvalue weighted by molar-refractivity contribution is 9.10. The third kappa shape index (κ3) is 3.23. The second kappa shape index (κ2) is 6.15. The van der Waals surface area contributed by atoms with Gasteiger partial charge < -0.3 is 4.74 Å². The molecule has 0 amide bonds. The second-order valence-corrected chi connectivity index (χ2v) is 5.06. The summed E-state index contributed by atoms with van der Waals surface area (Å²) >= 11 is 9.08. The monoisotopic (exact) mass is 357 g/mol. The molecule has 0 atom stereocenters. The van der Waals surface area contributed by atoms with E-state index in [1.165, 1.54) is 6.92 Å². The number of aromatic nitrogens is 2. The minimum absolute atomic E-state index is 0.0878. The summed E-state index contributed by atoms with van der Waals surface area (Å²) in [4.78, 5) is 18.0. The topological polar surface area (TPSA) is 78.2 Å². The first-order valence-electron chi connectivity index (χ1n) is 5.53. The van der Waals surface area contributed by atoms with Gasteiger partial charge in [0.25, 0.3) is 5.88 Å². The molecule has 1 aromatic carbocycles. The van der Waals surface area contributed by atoms with Crippen molar-refractivity contribution in [3.8, 4) is 5.88 Å². The molecule has 0 aliphatic carbocycles. The number of nitrogens with zero attached hydrogens (tertiary/aromatic N) is 3. The molecule has 0 radical (unpaired) electrons. The smallest absolute Gasteiger partial charge is 0.352 e. The van der Waals surface area contributed by atoms with E-state index in [-0.39, 0.29) is 29.2 Å². The molecule has 0 spiro atoms. The van der Waals surface area contributed by atoms with E-state index in [9.17, 15) is 10.1 Å². The maximum atomic E-state index is 11.0. The van der Waals surface area contributed by atoms with E-state index in [0.29, 0.717) is 0 Å². The maximum absolute atomic E-state index is 11.0. The third-order valence-corrected chi connectivity index (χ3v) is 3.45. The van der Waals surface area contributed by atoms with E-state index in [0.717, 1.165) is 10.0 Å². The Morgan fingerprint density at radius 2 is 2.10 bits per heavy atom. The van der Waals surface area contributed by atoms with Crippen LogP contribution in [0.25, 0.3) is 0 Å². The molecule has 20 heavy (non-hydrogen) atoms. The highest BCUT2D eigenvalue weighted by atomic mass is 79.9. The number of halogens is 2. The molecule has 2 rings (SSSR count). The molecule has 1 aromatic heterocycles. The van der Waals surface area contributed by atoms with Crippen LogP contribution in [0, 0.1) is 17.0 Å². The fourth-order valence-corrected chi connectivity index (χ4v) is 2.18. The lowest BCUT2D eigenvalue weighted by Gasteiger charge is -2.08. The lowest BCUT2D eigenvalue weighted by molar-refractivity contribution is -0.387. The summed E-state index contributed by atoms with van der Waals surface area (Å²) < 4.78 is 6.27. The number of hydrogen-bond donors (Lipinski definition) is 0. The van der Waals surface area contributed by atoms with Crippen LogP contribution in [0.5, 0.6) is 5.88 Å². The fourth-order valence-electron chi connectivity index (χ4n) is 1.58. The first-order valence-corrected chi connectivity index (χ1v) is 6.71. The van der Waals surface area contributed by atoms with Crippen molar-refractivity contribution >= 4 is 33.2 Å². The summed E-state index contributed by atoms with van der Waals surface area (Å²) in [5.41, 5.74) is 0.729. The summed E-state index contributed by atoms with van der Waals surface area (Å²) in [5.74, 6) is -0.136. The SMILES string of the molecule is Cc1nc(Cl)nc(OCc2ccccc2Br)c1[N+](=O)[O-]. The van der Waals surface area contributed by atoms with Crippen LogP contribution in [0.4, 0.5) is 5.69 Å². The van der Waals surface area contributed by atoms with Crippen molar-refractivity contribution in [1.82, 2.24) is 9.97 Å². The predicted octanol–water partition coefficient (Wildman–Crippen LogP) is 3.69. The molecule has 0 bridgehead atoms. The van der Waals surface area contributed by atoms with Crippen LogP contribution in [-0.2, 0) is 6.61 Å². The molecule has 2 aromatic rings. The van der Waals surface area contributed by atoms with Gasteiger partial charge in [-0.1, -0.05) is 34.1 Å². The van der Waals surface area contributed by atoms with Crippen LogP contribution in [0.15, 0.2) is 28.7 Å². The lowest BCUT2D eigenvalue weighted by atomic mass is 10.2. The molecule has 0 unspecified atom stereocenters. The van der Waals surface area contributed by atoms with Gasteiger partial charge in [-0.25, -0.2) is 4.98 Å². The Morgan fingerprint density at radius 3 is 2.75 bits per heavy atom. The maximum Gasteiger partial charge on any atom is 0.352 e. The van der Waals surface area contributed by atoms with Crippen LogP contribution in [0.1, 0.15) is 11.3 Å². The van der Waals surface area contributed by atoms with E-state index in [1.54, 1.807) is 0 Å². The molecule has 0 aliphatic heterocycles. The van der Waals surface area contributed by atoms with Gasteiger partial charge in [0.15, 0.2) is 0 Å². The largest absolute Gasteiger partial charge is 0.468 e. The Bertz CT molecular complexity index is 666. The van der Waals surface area contributed by atoms with Gasteiger partial charge in [0.05, 0.1) is 4.92 Å². The Hall–Kier alpha value is -1.73. The van der Waals surface area contributed by atoms with E-state index in [2.05, 4.69) is 25.9 Å². The van der Waals surface area contributed by atoms with E-state index in [4.69, 9.17) is 16.3 Å². The van der Waals surface area contributed by atoms with Gasteiger partial charge in [0.1, 0.15) is 12.3 Å². The van der Waals surface area contributed by atoms with Crippen LogP contribution in [0.2, 0.25) is 5.28 Å². The Labute approximate surface area is 128 Å². The van der Waals surface area contributed by atoms with Crippen LogP contribution in [0.3, 0.4) is 0 Å². The molecule has 0 N–H and O–H groups in total. The van der Waals surface area contributed by atoms with E-state index in [1.807, 2.05) is 24.3 Å². The van der Waals surface area contributed by atoms with Crippen molar-refractivity contribution in [2.75, 3.05) is 0 Å². The minimum atomic E-state index is -0.582. The Balaban J connectivity index is 2.30. The van der Waals surface area contributed by atoms with Gasteiger partial charge >= 0.3 is 5.69 Å². The summed E-state index contributed by atoms with van der Waals surface area (Å²) in [6, 6.07) is 7.40.